The van der Waals surface area contributed by atoms with E-state index in [-0.39, 0.29) is 5.91 Å². The Kier molecular flexibility index (Phi) is 3.24. The Morgan fingerprint density at radius 1 is 1.10 bits per heavy atom. The van der Waals surface area contributed by atoms with Crippen molar-refractivity contribution >= 4 is 28.5 Å². The molecule has 2 aromatic rings. The molecule has 100 valence electrons. The monoisotopic (exact) mass is 283 g/mol. The number of hydrogen-bond acceptors (Lipinski definition) is 2. The van der Waals surface area contributed by atoms with Crippen molar-refractivity contribution in [2.75, 3.05) is 5.32 Å². The molecule has 2 aromatic carbocycles. The Morgan fingerprint density at radius 2 is 1.85 bits per heavy atom. The fourth-order valence-corrected chi connectivity index (χ4v) is 3.07. The number of anilines is 1. The highest BCUT2D eigenvalue weighted by atomic mass is 32.2. The van der Waals surface area contributed by atoms with E-state index in [1.807, 2.05) is 37.3 Å². The van der Waals surface area contributed by atoms with Gasteiger partial charge in [-0.15, -0.1) is 0 Å². The van der Waals surface area contributed by atoms with Crippen LogP contribution < -0.4 is 5.32 Å². The molecule has 0 aromatic heterocycles. The number of nitrogens with one attached hydrogen (secondary N) is 1. The van der Waals surface area contributed by atoms with Crippen molar-refractivity contribution in [1.29, 1.82) is 0 Å². The van der Waals surface area contributed by atoms with Crippen molar-refractivity contribution in [2.45, 2.75) is 11.8 Å². The molecule has 0 fully saturated rings. The SMILES string of the molecule is Cc1ccc(C(=O)Nc2ccc3c(c2)S(=O)C=C3)cc1. The van der Waals surface area contributed by atoms with Gasteiger partial charge in [0.2, 0.25) is 0 Å². The maximum absolute atomic E-state index is 12.1. The molecule has 0 saturated carbocycles. The van der Waals surface area contributed by atoms with Crippen LogP contribution in [0.25, 0.3) is 6.08 Å². The molecule has 0 aliphatic carbocycles. The maximum atomic E-state index is 12.1. The number of rotatable bonds is 2. The van der Waals surface area contributed by atoms with Gasteiger partial charge in [-0.25, -0.2) is 4.21 Å². The molecule has 3 rings (SSSR count). The van der Waals surface area contributed by atoms with E-state index in [2.05, 4.69) is 5.32 Å². The smallest absolute Gasteiger partial charge is 0.255 e. The fourth-order valence-electron chi connectivity index (χ4n) is 2.04. The Morgan fingerprint density at radius 3 is 2.60 bits per heavy atom. The largest absolute Gasteiger partial charge is 0.322 e. The van der Waals surface area contributed by atoms with Crippen molar-refractivity contribution in [1.82, 2.24) is 0 Å². The quantitative estimate of drug-likeness (QED) is 0.918. The van der Waals surface area contributed by atoms with E-state index in [0.717, 1.165) is 16.0 Å². The number of fused-ring (bicyclic) bond motifs is 1. The highest BCUT2D eigenvalue weighted by Crippen LogP contribution is 2.26. The van der Waals surface area contributed by atoms with Gasteiger partial charge >= 0.3 is 0 Å². The van der Waals surface area contributed by atoms with Gasteiger partial charge < -0.3 is 5.32 Å². The lowest BCUT2D eigenvalue weighted by atomic mass is 10.1. The number of carbonyl (C=O) groups excluding carboxylic acids is 1. The second kappa shape index (κ2) is 5.06. The molecule has 1 aliphatic rings. The Hall–Kier alpha value is -2.20. The standard InChI is InChI=1S/C16H13NO2S/c1-11-2-4-13(5-3-11)16(18)17-14-7-6-12-8-9-20(19)15(12)10-14/h2-10H,1H3,(H,17,18). The number of benzene rings is 2. The van der Waals surface area contributed by atoms with Crippen LogP contribution in [0.15, 0.2) is 52.8 Å². The maximum Gasteiger partial charge on any atom is 0.255 e. The van der Waals surface area contributed by atoms with Gasteiger partial charge in [-0.1, -0.05) is 23.8 Å². The van der Waals surface area contributed by atoms with E-state index >= 15 is 0 Å². The molecule has 4 heteroatoms. The van der Waals surface area contributed by atoms with E-state index < -0.39 is 10.8 Å². The number of carbonyl (C=O) groups is 1. The van der Waals surface area contributed by atoms with Gasteiger partial charge in [0, 0.05) is 16.7 Å². The van der Waals surface area contributed by atoms with Crippen LogP contribution in [0.4, 0.5) is 5.69 Å². The Bertz CT molecular complexity index is 733. The third-order valence-electron chi connectivity index (χ3n) is 3.17. The second-order valence-electron chi connectivity index (χ2n) is 4.67. The molecular weight excluding hydrogens is 270 g/mol. The van der Waals surface area contributed by atoms with Gasteiger partial charge in [-0.05, 0) is 42.8 Å². The highest BCUT2D eigenvalue weighted by Gasteiger charge is 2.14. The molecule has 0 bridgehead atoms. The molecule has 0 spiro atoms. The zero-order valence-electron chi connectivity index (χ0n) is 10.9. The highest BCUT2D eigenvalue weighted by molar-refractivity contribution is 7.88. The molecule has 3 nitrogen and oxygen atoms in total. The first-order chi connectivity index (χ1) is 9.63. The predicted octanol–water partition coefficient (Wildman–Crippen LogP) is 3.34. The Labute approximate surface area is 119 Å². The summed E-state index contributed by atoms with van der Waals surface area (Å²) in [6.45, 7) is 1.98. The first-order valence-corrected chi connectivity index (χ1v) is 7.46. The summed E-state index contributed by atoms with van der Waals surface area (Å²) >= 11 is 0. The molecule has 1 aliphatic heterocycles. The minimum absolute atomic E-state index is 0.165. The lowest BCUT2D eigenvalue weighted by Crippen LogP contribution is -2.12. The second-order valence-corrected chi connectivity index (χ2v) is 5.98. The van der Waals surface area contributed by atoms with E-state index in [4.69, 9.17) is 0 Å². The van der Waals surface area contributed by atoms with E-state index in [9.17, 15) is 9.00 Å². The van der Waals surface area contributed by atoms with Crippen molar-refractivity contribution in [3.63, 3.8) is 0 Å². The molecule has 1 unspecified atom stereocenters. The molecule has 1 atom stereocenters. The normalized spacial score (nSPS) is 15.9. The zero-order valence-corrected chi connectivity index (χ0v) is 11.7. The van der Waals surface area contributed by atoms with Gasteiger partial charge in [-0.3, -0.25) is 4.79 Å². The minimum Gasteiger partial charge on any atom is -0.322 e. The van der Waals surface area contributed by atoms with Crippen LogP contribution in [0.2, 0.25) is 0 Å². The van der Waals surface area contributed by atoms with Crippen LogP contribution in [0, 0.1) is 6.92 Å². The number of aryl methyl sites for hydroxylation is 1. The van der Waals surface area contributed by atoms with Crippen molar-refractivity contribution in [2.24, 2.45) is 0 Å². The van der Waals surface area contributed by atoms with Crippen LogP contribution in [0.1, 0.15) is 21.5 Å². The summed E-state index contributed by atoms with van der Waals surface area (Å²) in [4.78, 5) is 12.8. The van der Waals surface area contributed by atoms with Gasteiger partial charge in [0.25, 0.3) is 5.91 Å². The number of amides is 1. The summed E-state index contributed by atoms with van der Waals surface area (Å²) in [5, 5.41) is 4.48. The molecule has 1 N–H and O–H groups in total. The van der Waals surface area contributed by atoms with Crippen molar-refractivity contribution in [3.05, 3.63) is 64.6 Å². The summed E-state index contributed by atoms with van der Waals surface area (Å²) in [6, 6.07) is 12.8. The summed E-state index contributed by atoms with van der Waals surface area (Å²) in [5.41, 5.74) is 3.32. The van der Waals surface area contributed by atoms with Crippen LogP contribution in [0.5, 0.6) is 0 Å². The summed E-state index contributed by atoms with van der Waals surface area (Å²) in [5.74, 6) is -0.165. The third kappa shape index (κ3) is 2.42. The zero-order chi connectivity index (χ0) is 14.1. The van der Waals surface area contributed by atoms with Gasteiger partial charge in [0.05, 0.1) is 15.7 Å². The Balaban J connectivity index is 1.82. The van der Waals surface area contributed by atoms with Gasteiger partial charge in [0.1, 0.15) is 0 Å². The predicted molar refractivity (Wildman–Crippen MR) is 81.0 cm³/mol. The van der Waals surface area contributed by atoms with Crippen LogP contribution >= 0.6 is 0 Å². The molecule has 20 heavy (non-hydrogen) atoms. The van der Waals surface area contributed by atoms with E-state index in [1.165, 1.54) is 0 Å². The van der Waals surface area contributed by atoms with Gasteiger partial charge in [0.15, 0.2) is 0 Å². The molecule has 0 radical (unpaired) electrons. The average Bonchev–Trinajstić information content (AvgIpc) is 2.81. The fraction of sp³-hybridized carbons (Fsp3) is 0.0625. The van der Waals surface area contributed by atoms with Crippen LogP contribution in [-0.2, 0) is 10.8 Å². The van der Waals surface area contributed by atoms with Crippen LogP contribution in [0.3, 0.4) is 0 Å². The van der Waals surface area contributed by atoms with E-state index in [0.29, 0.717) is 11.3 Å². The van der Waals surface area contributed by atoms with E-state index in [1.54, 1.807) is 23.6 Å². The first-order valence-electron chi connectivity index (χ1n) is 6.24. The molecule has 0 saturated heterocycles. The minimum atomic E-state index is -1.10. The number of hydrogen-bond donors (Lipinski definition) is 1. The molecule has 1 heterocycles. The summed E-state index contributed by atoms with van der Waals surface area (Å²) in [6.07, 6.45) is 1.83. The first kappa shape index (κ1) is 12.8. The topological polar surface area (TPSA) is 46.2 Å². The van der Waals surface area contributed by atoms with Crippen LogP contribution in [-0.4, -0.2) is 10.1 Å². The molecular formula is C16H13NO2S. The lowest BCUT2D eigenvalue weighted by molar-refractivity contribution is 0.102. The van der Waals surface area contributed by atoms with Crippen molar-refractivity contribution < 1.29 is 9.00 Å². The van der Waals surface area contributed by atoms with Crippen molar-refractivity contribution in [3.8, 4) is 0 Å². The average molecular weight is 283 g/mol. The molecule has 1 amide bonds. The van der Waals surface area contributed by atoms with Gasteiger partial charge in [-0.2, -0.15) is 0 Å². The summed E-state index contributed by atoms with van der Waals surface area (Å²) in [7, 11) is -1.10. The summed E-state index contributed by atoms with van der Waals surface area (Å²) < 4.78 is 11.7. The third-order valence-corrected chi connectivity index (χ3v) is 4.34. The lowest BCUT2D eigenvalue weighted by Gasteiger charge is -2.07.